The van der Waals surface area contributed by atoms with Crippen LogP contribution in [0.5, 0.6) is 0 Å². The Morgan fingerprint density at radius 2 is 2.00 bits per heavy atom. The summed E-state index contributed by atoms with van der Waals surface area (Å²) in [7, 11) is 0. The molecule has 25 heavy (non-hydrogen) atoms. The van der Waals surface area contributed by atoms with E-state index in [2.05, 4.69) is 30.9 Å². The smallest absolute Gasteiger partial charge is 0.246 e. The molecule has 0 saturated carbocycles. The average Bonchev–Trinajstić information content (AvgIpc) is 3.13. The highest BCUT2D eigenvalue weighted by Crippen LogP contribution is 2.13. The molecule has 1 atom stereocenters. The Balaban J connectivity index is 0.00000225. The summed E-state index contributed by atoms with van der Waals surface area (Å²) in [6.45, 7) is 7.33. The lowest BCUT2D eigenvalue weighted by molar-refractivity contribution is -0.124. The Bertz CT molecular complexity index is 658. The maximum atomic E-state index is 12.3. The first-order valence-corrected chi connectivity index (χ1v) is 8.30. The van der Waals surface area contributed by atoms with E-state index in [0.717, 1.165) is 38.3 Å². The van der Waals surface area contributed by atoms with E-state index in [9.17, 15) is 4.79 Å². The standard InChI is InChI=1S/C16H23N7O.ClH/c1-13(16(24)18-9-12-22-10-7-17-8-11-22)23-20-15(19-21-23)14-5-3-2-4-6-14;/h2-6,13,17H,7-12H2,1H3,(H,18,24);1H. The van der Waals surface area contributed by atoms with Gasteiger partial charge < -0.3 is 10.6 Å². The van der Waals surface area contributed by atoms with Gasteiger partial charge in [-0.3, -0.25) is 9.69 Å². The van der Waals surface area contributed by atoms with Crippen LogP contribution in [0.4, 0.5) is 0 Å². The minimum atomic E-state index is -0.488. The zero-order valence-electron chi connectivity index (χ0n) is 14.3. The first kappa shape index (κ1) is 19.3. The molecule has 0 aliphatic carbocycles. The largest absolute Gasteiger partial charge is 0.353 e. The number of hydrogen-bond acceptors (Lipinski definition) is 6. The molecule has 8 nitrogen and oxygen atoms in total. The number of piperazine rings is 1. The summed E-state index contributed by atoms with van der Waals surface area (Å²) < 4.78 is 0. The lowest BCUT2D eigenvalue weighted by Crippen LogP contribution is -2.46. The fraction of sp³-hybridized carbons (Fsp3) is 0.500. The molecule has 1 aliphatic rings. The Labute approximate surface area is 153 Å². The van der Waals surface area contributed by atoms with E-state index in [1.807, 2.05) is 30.3 Å². The molecule has 1 saturated heterocycles. The molecular formula is C16H24ClN7O. The van der Waals surface area contributed by atoms with Gasteiger partial charge in [-0.05, 0) is 12.1 Å². The summed E-state index contributed by atoms with van der Waals surface area (Å²) >= 11 is 0. The molecular weight excluding hydrogens is 342 g/mol. The zero-order chi connectivity index (χ0) is 16.8. The summed E-state index contributed by atoms with van der Waals surface area (Å²) in [5, 5.41) is 18.6. The Hall–Kier alpha value is -2.03. The van der Waals surface area contributed by atoms with Gasteiger partial charge in [-0.2, -0.15) is 4.80 Å². The number of halogens is 1. The van der Waals surface area contributed by atoms with Gasteiger partial charge in [-0.1, -0.05) is 30.3 Å². The second kappa shape index (κ2) is 9.45. The van der Waals surface area contributed by atoms with Crippen LogP contribution < -0.4 is 10.6 Å². The SMILES string of the molecule is CC(C(=O)NCCN1CCNCC1)n1nnc(-c2ccccc2)n1.Cl. The highest BCUT2D eigenvalue weighted by atomic mass is 35.5. The second-order valence-corrected chi connectivity index (χ2v) is 5.86. The number of benzene rings is 1. The molecule has 1 fully saturated rings. The molecule has 2 heterocycles. The average molecular weight is 366 g/mol. The molecule has 3 rings (SSSR count). The normalized spacial score (nSPS) is 16.0. The van der Waals surface area contributed by atoms with Crippen LogP contribution >= 0.6 is 12.4 Å². The van der Waals surface area contributed by atoms with Crippen molar-refractivity contribution in [3.63, 3.8) is 0 Å². The van der Waals surface area contributed by atoms with Gasteiger partial charge in [0, 0.05) is 44.8 Å². The predicted octanol–water partition coefficient (Wildman–Crippen LogP) is 0.344. The van der Waals surface area contributed by atoms with Gasteiger partial charge >= 0.3 is 0 Å². The lowest BCUT2D eigenvalue weighted by Gasteiger charge is -2.27. The van der Waals surface area contributed by atoms with E-state index in [-0.39, 0.29) is 18.3 Å². The van der Waals surface area contributed by atoms with Crippen LogP contribution in [0.15, 0.2) is 30.3 Å². The van der Waals surface area contributed by atoms with Crippen LogP contribution in [-0.4, -0.2) is 70.3 Å². The van der Waals surface area contributed by atoms with E-state index in [0.29, 0.717) is 12.4 Å². The number of aromatic nitrogens is 4. The van der Waals surface area contributed by atoms with E-state index in [1.54, 1.807) is 6.92 Å². The number of nitrogens with zero attached hydrogens (tertiary/aromatic N) is 5. The highest BCUT2D eigenvalue weighted by molar-refractivity contribution is 5.85. The molecule has 0 radical (unpaired) electrons. The number of nitrogens with one attached hydrogen (secondary N) is 2. The van der Waals surface area contributed by atoms with Crippen LogP contribution in [0.1, 0.15) is 13.0 Å². The Morgan fingerprint density at radius 1 is 1.28 bits per heavy atom. The van der Waals surface area contributed by atoms with Gasteiger partial charge in [-0.15, -0.1) is 22.6 Å². The van der Waals surface area contributed by atoms with Gasteiger partial charge in [0.15, 0.2) is 0 Å². The summed E-state index contributed by atoms with van der Waals surface area (Å²) in [5.74, 6) is 0.429. The molecule has 1 unspecified atom stereocenters. The van der Waals surface area contributed by atoms with Crippen LogP contribution in [0.3, 0.4) is 0 Å². The van der Waals surface area contributed by atoms with Crippen molar-refractivity contribution >= 4 is 18.3 Å². The maximum absolute atomic E-state index is 12.3. The van der Waals surface area contributed by atoms with Crippen LogP contribution in [0.2, 0.25) is 0 Å². The van der Waals surface area contributed by atoms with Crippen LogP contribution in [0.25, 0.3) is 11.4 Å². The third-order valence-corrected chi connectivity index (χ3v) is 4.12. The van der Waals surface area contributed by atoms with Crippen molar-refractivity contribution in [3.8, 4) is 11.4 Å². The molecule has 2 N–H and O–H groups in total. The van der Waals surface area contributed by atoms with Gasteiger partial charge in [0.2, 0.25) is 11.7 Å². The molecule has 1 amide bonds. The minimum Gasteiger partial charge on any atom is -0.353 e. The lowest BCUT2D eigenvalue weighted by atomic mass is 10.2. The van der Waals surface area contributed by atoms with Crippen molar-refractivity contribution in [1.82, 2.24) is 35.7 Å². The summed E-state index contributed by atoms with van der Waals surface area (Å²) in [4.78, 5) is 16.0. The number of amides is 1. The molecule has 1 aliphatic heterocycles. The van der Waals surface area contributed by atoms with Gasteiger partial charge in [0.25, 0.3) is 0 Å². The summed E-state index contributed by atoms with van der Waals surface area (Å²) in [6.07, 6.45) is 0. The van der Waals surface area contributed by atoms with E-state index < -0.39 is 6.04 Å². The third-order valence-electron chi connectivity index (χ3n) is 4.12. The first-order chi connectivity index (χ1) is 11.7. The summed E-state index contributed by atoms with van der Waals surface area (Å²) in [6, 6.07) is 9.12. The van der Waals surface area contributed by atoms with Crippen molar-refractivity contribution in [2.45, 2.75) is 13.0 Å². The van der Waals surface area contributed by atoms with Gasteiger partial charge in [0.05, 0.1) is 0 Å². The number of rotatable bonds is 6. The fourth-order valence-electron chi connectivity index (χ4n) is 2.62. The van der Waals surface area contributed by atoms with Crippen LogP contribution in [0, 0.1) is 0 Å². The Morgan fingerprint density at radius 3 is 2.72 bits per heavy atom. The maximum Gasteiger partial charge on any atom is 0.246 e. The Kier molecular flexibility index (Phi) is 7.30. The number of carbonyl (C=O) groups is 1. The van der Waals surface area contributed by atoms with Crippen molar-refractivity contribution < 1.29 is 4.79 Å². The van der Waals surface area contributed by atoms with Crippen molar-refractivity contribution in [3.05, 3.63) is 30.3 Å². The van der Waals surface area contributed by atoms with Crippen molar-refractivity contribution in [1.29, 1.82) is 0 Å². The van der Waals surface area contributed by atoms with E-state index in [1.165, 1.54) is 4.80 Å². The quantitative estimate of drug-likeness (QED) is 0.767. The molecule has 1 aromatic heterocycles. The second-order valence-electron chi connectivity index (χ2n) is 5.86. The monoisotopic (exact) mass is 365 g/mol. The molecule has 0 bridgehead atoms. The topological polar surface area (TPSA) is 88.0 Å². The van der Waals surface area contributed by atoms with E-state index >= 15 is 0 Å². The highest BCUT2D eigenvalue weighted by Gasteiger charge is 2.19. The third kappa shape index (κ3) is 5.22. The number of hydrogen-bond donors (Lipinski definition) is 2. The van der Waals surface area contributed by atoms with Crippen LogP contribution in [-0.2, 0) is 4.79 Å². The van der Waals surface area contributed by atoms with Crippen molar-refractivity contribution in [2.24, 2.45) is 0 Å². The van der Waals surface area contributed by atoms with Crippen molar-refractivity contribution in [2.75, 3.05) is 39.3 Å². The molecule has 1 aromatic carbocycles. The van der Waals surface area contributed by atoms with Gasteiger partial charge in [-0.25, -0.2) is 0 Å². The molecule has 0 spiro atoms. The predicted molar refractivity (Wildman–Crippen MR) is 97.5 cm³/mol. The zero-order valence-corrected chi connectivity index (χ0v) is 15.1. The molecule has 9 heteroatoms. The van der Waals surface area contributed by atoms with E-state index in [4.69, 9.17) is 0 Å². The summed E-state index contributed by atoms with van der Waals surface area (Å²) in [5.41, 5.74) is 0.884. The van der Waals surface area contributed by atoms with Gasteiger partial charge in [0.1, 0.15) is 6.04 Å². The number of carbonyl (C=O) groups excluding carboxylic acids is 1. The first-order valence-electron chi connectivity index (χ1n) is 8.30. The number of tetrazole rings is 1. The minimum absolute atomic E-state index is 0. The molecule has 136 valence electrons. The molecule has 2 aromatic rings. The fourth-order valence-corrected chi connectivity index (χ4v) is 2.62.